The van der Waals surface area contributed by atoms with Gasteiger partial charge in [-0.15, -0.1) is 0 Å². The first kappa shape index (κ1) is 21.5. The Labute approximate surface area is 197 Å². The lowest BCUT2D eigenvalue weighted by Gasteiger charge is -2.27. The third-order valence-corrected chi connectivity index (χ3v) is 7.29. The summed E-state index contributed by atoms with van der Waals surface area (Å²) in [7, 11) is 5.78. The van der Waals surface area contributed by atoms with Crippen molar-refractivity contribution in [2.24, 2.45) is 11.8 Å². The summed E-state index contributed by atoms with van der Waals surface area (Å²) in [5.74, 6) is 1.48. The van der Waals surface area contributed by atoms with Crippen LogP contribution in [0.15, 0.2) is 41.6 Å². The highest BCUT2D eigenvalue weighted by Crippen LogP contribution is 2.48. The molecule has 8 heteroatoms. The van der Waals surface area contributed by atoms with Crippen LogP contribution in [0, 0.1) is 11.8 Å². The molecule has 0 spiro atoms. The number of pyridine rings is 1. The number of amides is 1. The fourth-order valence-corrected chi connectivity index (χ4v) is 5.48. The molecule has 5 nitrogen and oxygen atoms in total. The van der Waals surface area contributed by atoms with Crippen LogP contribution in [0.3, 0.4) is 0 Å². The number of fused-ring (bicyclic) bond motifs is 1. The molecule has 3 fully saturated rings. The van der Waals surface area contributed by atoms with E-state index >= 15 is 0 Å². The highest BCUT2D eigenvalue weighted by Gasteiger charge is 2.45. The van der Waals surface area contributed by atoms with Gasteiger partial charge in [0.05, 0.1) is 5.56 Å². The van der Waals surface area contributed by atoms with Crippen LogP contribution >= 0.6 is 15.9 Å². The Morgan fingerprint density at radius 1 is 1.22 bits per heavy atom. The van der Waals surface area contributed by atoms with Gasteiger partial charge in [-0.2, -0.15) is 0 Å². The molecule has 1 aromatic carbocycles. The van der Waals surface area contributed by atoms with E-state index in [1.165, 1.54) is 18.8 Å². The molecule has 32 heavy (non-hydrogen) atoms. The molecule has 3 heterocycles. The maximum absolute atomic E-state index is 14.0. The van der Waals surface area contributed by atoms with E-state index in [4.69, 9.17) is 7.85 Å². The van der Waals surface area contributed by atoms with Gasteiger partial charge in [0.25, 0.3) is 5.91 Å². The fraction of sp³-hybridized carbons (Fsp3) is 0.417. The van der Waals surface area contributed by atoms with Gasteiger partial charge in [0.2, 0.25) is 0 Å². The Bertz CT molecular complexity index is 1070. The third-order valence-electron chi connectivity index (χ3n) is 6.83. The first-order valence-corrected chi connectivity index (χ1v) is 11.8. The van der Waals surface area contributed by atoms with E-state index in [1.807, 2.05) is 12.1 Å². The van der Waals surface area contributed by atoms with Gasteiger partial charge < -0.3 is 15.1 Å². The summed E-state index contributed by atoms with van der Waals surface area (Å²) >= 11 is 3.54. The van der Waals surface area contributed by atoms with E-state index in [0.717, 1.165) is 52.8 Å². The molecule has 2 radical (unpaired) electrons. The van der Waals surface area contributed by atoms with Gasteiger partial charge in [0, 0.05) is 71.6 Å². The average molecular weight is 495 g/mol. The lowest BCUT2D eigenvalue weighted by molar-refractivity contribution is 0.0791. The van der Waals surface area contributed by atoms with Crippen LogP contribution in [0.1, 0.15) is 34.3 Å². The second-order valence-corrected chi connectivity index (χ2v) is 10.0. The molecule has 2 unspecified atom stereocenters. The fourth-order valence-electron chi connectivity index (χ4n) is 4.98. The summed E-state index contributed by atoms with van der Waals surface area (Å²) in [5, 5.41) is 3.55. The molecule has 164 valence electrons. The Morgan fingerprint density at radius 3 is 2.72 bits per heavy atom. The Balaban J connectivity index is 1.34. The molecular weight excluding hydrogens is 470 g/mol. The first-order chi connectivity index (χ1) is 15.4. The number of alkyl halides is 1. The molecule has 1 saturated carbocycles. The van der Waals surface area contributed by atoms with Crippen molar-refractivity contribution < 1.29 is 9.18 Å². The molecule has 2 aliphatic heterocycles. The van der Waals surface area contributed by atoms with E-state index in [9.17, 15) is 9.18 Å². The number of nitrogens with one attached hydrogen (secondary N) is 1. The van der Waals surface area contributed by atoms with Crippen molar-refractivity contribution >= 4 is 46.5 Å². The Kier molecular flexibility index (Phi) is 5.74. The van der Waals surface area contributed by atoms with Gasteiger partial charge in [-0.25, -0.2) is 4.39 Å². The SMILES string of the molecule is [B]c1cncc(C(=O)N2CC[C@@H](Nc3c(CF)cc(Br)cc3C(=C)N3CC4CC4C3)C2)c1. The van der Waals surface area contributed by atoms with Crippen molar-refractivity contribution in [3.05, 3.63) is 58.3 Å². The van der Waals surface area contributed by atoms with Crippen LogP contribution in [0.2, 0.25) is 0 Å². The van der Waals surface area contributed by atoms with Gasteiger partial charge in [-0.3, -0.25) is 9.78 Å². The van der Waals surface area contributed by atoms with E-state index in [-0.39, 0.29) is 11.9 Å². The van der Waals surface area contributed by atoms with Crippen molar-refractivity contribution in [2.45, 2.75) is 25.6 Å². The van der Waals surface area contributed by atoms with Crippen molar-refractivity contribution in [2.75, 3.05) is 31.5 Å². The quantitative estimate of drug-likeness (QED) is 0.625. The second kappa shape index (κ2) is 8.54. The number of aromatic nitrogens is 1. The molecule has 2 aromatic rings. The van der Waals surface area contributed by atoms with Gasteiger partial charge >= 0.3 is 0 Å². The standard InChI is InChI=1S/C24H25BBrFN4O/c1-14(31-11-17-4-18(17)12-31)22-7-20(26)6-15(8-27)23(22)29-21-2-3-30(13-21)24(32)16-5-19(25)10-28-9-16/h5-7,9-10,17-18,21,29H,1-4,8,11-13H2/t17?,18?,21-/m1/s1. The summed E-state index contributed by atoms with van der Waals surface area (Å²) in [4.78, 5) is 21.0. The number of halogens is 2. The van der Waals surface area contributed by atoms with Gasteiger partial charge in [0.15, 0.2) is 0 Å². The molecule has 2 saturated heterocycles. The van der Waals surface area contributed by atoms with Crippen LogP contribution in [0.4, 0.5) is 10.1 Å². The van der Waals surface area contributed by atoms with Gasteiger partial charge in [-0.05, 0) is 36.8 Å². The number of carbonyl (C=O) groups is 1. The van der Waals surface area contributed by atoms with Crippen LogP contribution in [-0.4, -0.2) is 60.8 Å². The minimum absolute atomic E-state index is 0.0259. The second-order valence-electron chi connectivity index (χ2n) is 9.12. The molecule has 0 bridgehead atoms. The number of nitrogens with zero attached hydrogens (tertiary/aromatic N) is 3. The minimum Gasteiger partial charge on any atom is -0.380 e. The summed E-state index contributed by atoms with van der Waals surface area (Å²) < 4.78 is 14.8. The van der Waals surface area contributed by atoms with Crippen LogP contribution in [0.5, 0.6) is 0 Å². The van der Waals surface area contributed by atoms with E-state index < -0.39 is 6.67 Å². The lowest BCUT2D eigenvalue weighted by Crippen LogP contribution is -2.32. The maximum atomic E-state index is 14.0. The predicted octanol–water partition coefficient (Wildman–Crippen LogP) is 3.36. The summed E-state index contributed by atoms with van der Waals surface area (Å²) in [6.45, 7) is 7.01. The van der Waals surface area contributed by atoms with Gasteiger partial charge in [-0.1, -0.05) is 34.0 Å². The molecule has 3 aliphatic rings. The number of hydrogen-bond acceptors (Lipinski definition) is 4. The molecule has 1 amide bonds. The number of hydrogen-bond donors (Lipinski definition) is 1. The maximum Gasteiger partial charge on any atom is 0.255 e. The minimum atomic E-state index is -0.572. The van der Waals surface area contributed by atoms with Crippen LogP contribution in [-0.2, 0) is 6.67 Å². The number of carbonyl (C=O) groups excluding carboxylic acids is 1. The van der Waals surface area contributed by atoms with E-state index in [1.54, 1.807) is 11.0 Å². The summed E-state index contributed by atoms with van der Waals surface area (Å²) in [6.07, 6.45) is 5.16. The zero-order valence-corrected chi connectivity index (χ0v) is 19.4. The molecule has 1 aromatic heterocycles. The number of anilines is 1. The molecule has 1 aliphatic carbocycles. The first-order valence-electron chi connectivity index (χ1n) is 11.0. The van der Waals surface area contributed by atoms with Crippen molar-refractivity contribution in [1.29, 1.82) is 0 Å². The average Bonchev–Trinajstić information content (AvgIpc) is 3.17. The monoisotopic (exact) mass is 494 g/mol. The van der Waals surface area contributed by atoms with E-state index in [0.29, 0.717) is 29.7 Å². The largest absolute Gasteiger partial charge is 0.380 e. The molecule has 3 atom stereocenters. The zero-order valence-electron chi connectivity index (χ0n) is 17.9. The highest BCUT2D eigenvalue weighted by molar-refractivity contribution is 9.10. The topological polar surface area (TPSA) is 48.5 Å². The predicted molar refractivity (Wildman–Crippen MR) is 129 cm³/mol. The Morgan fingerprint density at radius 2 is 2.00 bits per heavy atom. The number of benzene rings is 1. The number of piperidine rings is 1. The molecular formula is C24H25BBrFN4O. The summed E-state index contributed by atoms with van der Waals surface area (Å²) in [6, 6.07) is 5.51. The van der Waals surface area contributed by atoms with Gasteiger partial charge in [0.1, 0.15) is 14.5 Å². The Hall–Kier alpha value is -2.35. The highest BCUT2D eigenvalue weighted by atomic mass is 79.9. The lowest BCUT2D eigenvalue weighted by atomic mass is 9.97. The van der Waals surface area contributed by atoms with Crippen molar-refractivity contribution in [3.63, 3.8) is 0 Å². The molecule has 5 rings (SSSR count). The third kappa shape index (κ3) is 4.17. The van der Waals surface area contributed by atoms with Crippen molar-refractivity contribution in [3.8, 4) is 0 Å². The van der Waals surface area contributed by atoms with E-state index in [2.05, 4.69) is 37.7 Å². The summed E-state index contributed by atoms with van der Waals surface area (Å²) in [5.41, 5.74) is 4.21. The number of likely N-dealkylation sites (tertiary alicyclic amines) is 2. The smallest absolute Gasteiger partial charge is 0.255 e. The normalized spacial score (nSPS) is 23.9. The zero-order chi connectivity index (χ0) is 22.4. The van der Waals surface area contributed by atoms with Crippen LogP contribution in [0.25, 0.3) is 5.70 Å². The van der Waals surface area contributed by atoms with Crippen molar-refractivity contribution in [1.82, 2.24) is 14.8 Å². The van der Waals surface area contributed by atoms with Crippen LogP contribution < -0.4 is 10.8 Å². The molecule has 1 N–H and O–H groups in total. The number of rotatable bonds is 6.